The first-order valence-corrected chi connectivity index (χ1v) is 3.28. The normalized spacial score (nSPS) is 11.7. The number of aromatic nitrogens is 3. The summed E-state index contributed by atoms with van der Waals surface area (Å²) in [4.78, 5) is 14.7. The van der Waals surface area contributed by atoms with Gasteiger partial charge in [0.05, 0.1) is 0 Å². The fourth-order valence-corrected chi connectivity index (χ4v) is 0.697. The Balaban J connectivity index is 2.67. The zero-order valence-electron chi connectivity index (χ0n) is 6.43. The molecule has 0 fully saturated rings. The van der Waals surface area contributed by atoms with Crippen LogP contribution in [0.4, 0.5) is 0 Å². The predicted octanol–water partition coefficient (Wildman–Crippen LogP) is -0.564. The minimum absolute atomic E-state index is 0.400. The Kier molecular flexibility index (Phi) is 2.38. The molecule has 0 bridgehead atoms. The summed E-state index contributed by atoms with van der Waals surface area (Å²) in [6.45, 7) is 1.63. The topological polar surface area (TPSA) is 83.6 Å². The maximum Gasteiger partial charge on any atom is 0.257 e. The molecular weight excluding hydrogens is 158 g/mol. The smallest absolute Gasteiger partial charge is 0.257 e. The molecule has 1 aromatic heterocycles. The van der Waals surface area contributed by atoms with Crippen molar-refractivity contribution in [1.29, 1.82) is 5.26 Å². The SMILES string of the molecule is CC(C(=O)NC#N)n1cncn1. The van der Waals surface area contributed by atoms with Crippen molar-refractivity contribution in [3.63, 3.8) is 0 Å². The summed E-state index contributed by atoms with van der Waals surface area (Å²) in [5.74, 6) is -0.400. The van der Waals surface area contributed by atoms with Crippen LogP contribution in [0, 0.1) is 11.5 Å². The van der Waals surface area contributed by atoms with E-state index in [0.717, 1.165) is 0 Å². The van der Waals surface area contributed by atoms with Gasteiger partial charge in [-0.05, 0) is 6.92 Å². The van der Waals surface area contributed by atoms with Crippen LogP contribution in [-0.2, 0) is 4.79 Å². The van der Waals surface area contributed by atoms with E-state index in [4.69, 9.17) is 5.26 Å². The molecule has 12 heavy (non-hydrogen) atoms. The van der Waals surface area contributed by atoms with Gasteiger partial charge in [0.1, 0.15) is 18.7 Å². The van der Waals surface area contributed by atoms with Crippen LogP contribution in [0.3, 0.4) is 0 Å². The molecule has 0 saturated carbocycles. The third-order valence-electron chi connectivity index (χ3n) is 1.39. The third-order valence-corrected chi connectivity index (χ3v) is 1.39. The van der Waals surface area contributed by atoms with Crippen molar-refractivity contribution >= 4 is 5.91 Å². The second-order valence-electron chi connectivity index (χ2n) is 2.15. The summed E-state index contributed by atoms with van der Waals surface area (Å²) in [5.41, 5.74) is 0. The Hall–Kier alpha value is -1.90. The number of hydrogen-bond donors (Lipinski definition) is 1. The summed E-state index contributed by atoms with van der Waals surface area (Å²) in [7, 11) is 0. The van der Waals surface area contributed by atoms with Crippen LogP contribution in [0.2, 0.25) is 0 Å². The molecule has 1 heterocycles. The van der Waals surface area contributed by atoms with Gasteiger partial charge < -0.3 is 0 Å². The van der Waals surface area contributed by atoms with Crippen molar-refractivity contribution in [3.05, 3.63) is 12.7 Å². The van der Waals surface area contributed by atoms with Crippen molar-refractivity contribution in [1.82, 2.24) is 20.1 Å². The maximum absolute atomic E-state index is 11.0. The summed E-state index contributed by atoms with van der Waals surface area (Å²) < 4.78 is 1.37. The highest BCUT2D eigenvalue weighted by molar-refractivity contribution is 5.80. The molecule has 0 aliphatic carbocycles. The first-order valence-electron chi connectivity index (χ1n) is 3.28. The Morgan fingerprint density at radius 2 is 2.58 bits per heavy atom. The van der Waals surface area contributed by atoms with Gasteiger partial charge in [-0.15, -0.1) is 0 Å². The van der Waals surface area contributed by atoms with E-state index in [2.05, 4.69) is 10.1 Å². The van der Waals surface area contributed by atoms with E-state index in [0.29, 0.717) is 0 Å². The predicted molar refractivity (Wildman–Crippen MR) is 38.5 cm³/mol. The van der Waals surface area contributed by atoms with Crippen LogP contribution in [0.25, 0.3) is 0 Å². The number of nitriles is 1. The summed E-state index contributed by atoms with van der Waals surface area (Å²) in [6, 6.07) is -0.507. The number of hydrogen-bond acceptors (Lipinski definition) is 4. The Morgan fingerprint density at radius 3 is 3.08 bits per heavy atom. The lowest BCUT2D eigenvalue weighted by molar-refractivity contribution is -0.122. The molecule has 1 rings (SSSR count). The van der Waals surface area contributed by atoms with E-state index >= 15 is 0 Å². The van der Waals surface area contributed by atoms with Gasteiger partial charge in [0.15, 0.2) is 6.19 Å². The molecule has 0 aromatic carbocycles. The molecule has 62 valence electrons. The molecule has 1 unspecified atom stereocenters. The maximum atomic E-state index is 11.0. The zero-order valence-corrected chi connectivity index (χ0v) is 6.43. The Morgan fingerprint density at radius 1 is 1.83 bits per heavy atom. The van der Waals surface area contributed by atoms with E-state index in [-0.39, 0.29) is 0 Å². The van der Waals surface area contributed by atoms with Crippen LogP contribution in [0.1, 0.15) is 13.0 Å². The highest BCUT2D eigenvalue weighted by atomic mass is 16.2. The first-order chi connectivity index (χ1) is 5.75. The molecule has 1 aromatic rings. The fourth-order valence-electron chi connectivity index (χ4n) is 0.697. The van der Waals surface area contributed by atoms with E-state index in [1.54, 1.807) is 13.1 Å². The molecule has 0 saturated heterocycles. The molecule has 0 radical (unpaired) electrons. The first kappa shape index (κ1) is 8.20. The highest BCUT2D eigenvalue weighted by Gasteiger charge is 2.13. The van der Waals surface area contributed by atoms with Gasteiger partial charge >= 0.3 is 0 Å². The number of nitrogens with zero attached hydrogens (tertiary/aromatic N) is 4. The van der Waals surface area contributed by atoms with E-state index < -0.39 is 11.9 Å². The van der Waals surface area contributed by atoms with Crippen molar-refractivity contribution in [2.45, 2.75) is 13.0 Å². The third kappa shape index (κ3) is 1.58. The Bertz CT molecular complexity index is 298. The van der Waals surface area contributed by atoms with Crippen molar-refractivity contribution < 1.29 is 4.79 Å². The quantitative estimate of drug-likeness (QED) is 0.470. The number of carbonyl (C=O) groups is 1. The van der Waals surface area contributed by atoms with Crippen LogP contribution in [-0.4, -0.2) is 20.7 Å². The van der Waals surface area contributed by atoms with Gasteiger partial charge in [-0.3, -0.25) is 10.1 Å². The molecule has 1 atom stereocenters. The van der Waals surface area contributed by atoms with Crippen molar-refractivity contribution in [3.8, 4) is 6.19 Å². The van der Waals surface area contributed by atoms with E-state index in [1.165, 1.54) is 17.3 Å². The van der Waals surface area contributed by atoms with Gasteiger partial charge in [-0.25, -0.2) is 9.67 Å². The summed E-state index contributed by atoms with van der Waals surface area (Å²) in [5, 5.41) is 13.9. The minimum Gasteiger partial charge on any atom is -0.272 e. The lowest BCUT2D eigenvalue weighted by atomic mass is 10.3. The number of nitrogens with one attached hydrogen (secondary N) is 1. The second kappa shape index (κ2) is 3.48. The molecule has 0 aliphatic heterocycles. The van der Waals surface area contributed by atoms with Gasteiger partial charge in [-0.2, -0.15) is 10.4 Å². The molecule has 6 nitrogen and oxygen atoms in total. The van der Waals surface area contributed by atoms with E-state index in [1.807, 2.05) is 5.32 Å². The van der Waals surface area contributed by atoms with Crippen molar-refractivity contribution in [2.24, 2.45) is 0 Å². The van der Waals surface area contributed by atoms with Crippen LogP contribution in [0.15, 0.2) is 12.7 Å². The lowest BCUT2D eigenvalue weighted by Gasteiger charge is -2.06. The summed E-state index contributed by atoms with van der Waals surface area (Å²) >= 11 is 0. The van der Waals surface area contributed by atoms with Gasteiger partial charge in [0.2, 0.25) is 0 Å². The zero-order chi connectivity index (χ0) is 8.97. The number of rotatable bonds is 2. The average Bonchev–Trinajstić information content (AvgIpc) is 2.55. The second-order valence-corrected chi connectivity index (χ2v) is 2.15. The van der Waals surface area contributed by atoms with E-state index in [9.17, 15) is 4.79 Å². The summed E-state index contributed by atoms with van der Waals surface area (Å²) in [6.07, 6.45) is 4.30. The fraction of sp³-hybridized carbons (Fsp3) is 0.333. The highest BCUT2D eigenvalue weighted by Crippen LogP contribution is 2.00. The molecular formula is C6H7N5O. The van der Waals surface area contributed by atoms with Crippen LogP contribution >= 0.6 is 0 Å². The Labute approximate surface area is 68.8 Å². The minimum atomic E-state index is -0.507. The van der Waals surface area contributed by atoms with Crippen LogP contribution in [0.5, 0.6) is 0 Å². The lowest BCUT2D eigenvalue weighted by Crippen LogP contribution is -2.27. The number of amides is 1. The molecule has 6 heteroatoms. The largest absolute Gasteiger partial charge is 0.272 e. The van der Waals surface area contributed by atoms with Gasteiger partial charge in [0.25, 0.3) is 5.91 Å². The van der Waals surface area contributed by atoms with Crippen molar-refractivity contribution in [2.75, 3.05) is 0 Å². The molecule has 0 spiro atoms. The van der Waals surface area contributed by atoms with Gasteiger partial charge in [0, 0.05) is 0 Å². The molecule has 0 aliphatic rings. The van der Waals surface area contributed by atoms with Crippen LogP contribution < -0.4 is 5.32 Å². The average molecular weight is 165 g/mol. The monoisotopic (exact) mass is 165 g/mol. The standard InChI is InChI=1S/C6H7N5O/c1-5(6(12)9-2-7)11-4-8-3-10-11/h3-5H,1H3,(H,9,12). The number of carbonyl (C=O) groups excluding carboxylic acids is 1. The molecule has 1 amide bonds. The van der Waals surface area contributed by atoms with Gasteiger partial charge in [-0.1, -0.05) is 0 Å². The molecule has 1 N–H and O–H groups in total.